The zero-order chi connectivity index (χ0) is 29.4. The monoisotopic (exact) mass is 542 g/mol. The van der Waals surface area contributed by atoms with Crippen LogP contribution in [0.2, 0.25) is 0 Å². The first-order valence-corrected chi connectivity index (χ1v) is 12.0. The summed E-state index contributed by atoms with van der Waals surface area (Å²) in [5.74, 6) is -0.453. The quantitative estimate of drug-likeness (QED) is 0.296. The van der Waals surface area contributed by atoms with Crippen LogP contribution in [0, 0.1) is 0 Å². The van der Waals surface area contributed by atoms with Gasteiger partial charge in [0.1, 0.15) is 29.0 Å². The van der Waals surface area contributed by atoms with Gasteiger partial charge in [0.2, 0.25) is 0 Å². The van der Waals surface area contributed by atoms with Crippen molar-refractivity contribution in [1.29, 1.82) is 0 Å². The maximum Gasteiger partial charge on any atom is 0.408 e. The lowest BCUT2D eigenvalue weighted by Gasteiger charge is -2.22. The normalized spacial score (nSPS) is 12.4. The molecule has 0 heterocycles. The summed E-state index contributed by atoms with van der Waals surface area (Å²) in [6.45, 7) is 10.4. The molecular weight excluding hydrogens is 500 g/mol. The van der Waals surface area contributed by atoms with Crippen molar-refractivity contribution < 1.29 is 48.0 Å². The predicted octanol–water partition coefficient (Wildman–Crippen LogP) is 2.96. The molecule has 0 aliphatic heterocycles. The maximum absolute atomic E-state index is 11.7. The number of para-hydroxylation sites is 1. The number of carbonyl (C=O) groups excluding carboxylic acids is 4. The van der Waals surface area contributed by atoms with E-state index in [1.54, 1.807) is 41.5 Å². The Morgan fingerprint density at radius 1 is 0.763 bits per heavy atom. The molecule has 3 N–H and O–H groups in total. The Kier molecular flexibility index (Phi) is 15.5. The van der Waals surface area contributed by atoms with Crippen molar-refractivity contribution in [2.24, 2.45) is 0 Å². The molecule has 2 amide bonds. The molecule has 0 aliphatic rings. The molecule has 0 saturated carbocycles. The summed E-state index contributed by atoms with van der Waals surface area (Å²) in [5.41, 5.74) is -1.27. The molecule has 0 aromatic heterocycles. The largest absolute Gasteiger partial charge is 0.494 e. The standard InChI is InChI=1S/C16H23NO5.C10H19NO5/c1-16(2,3)22-15(19)17-13(14(18)20-4)10-11-21-12-8-6-5-7-9-12;1-10(2,3)16-9(14)11-7(5-6-12)8(13)15-4/h5-9,13H,10-11H2,1-4H3,(H,17,19);7,12H,5-6H2,1-4H3,(H,11,14)/t13-;7-/m00/s1. The van der Waals surface area contributed by atoms with Gasteiger partial charge in [0.05, 0.1) is 20.8 Å². The molecule has 1 aromatic carbocycles. The molecule has 216 valence electrons. The van der Waals surface area contributed by atoms with Gasteiger partial charge in [-0.25, -0.2) is 19.2 Å². The second-order valence-electron chi connectivity index (χ2n) is 9.91. The molecule has 1 rings (SSSR count). The van der Waals surface area contributed by atoms with Crippen LogP contribution in [0.5, 0.6) is 5.75 Å². The van der Waals surface area contributed by atoms with Gasteiger partial charge in [-0.3, -0.25) is 0 Å². The van der Waals surface area contributed by atoms with Crippen LogP contribution < -0.4 is 15.4 Å². The number of ether oxygens (including phenoxy) is 5. The number of benzene rings is 1. The molecule has 1 aromatic rings. The van der Waals surface area contributed by atoms with Crippen LogP contribution in [0.4, 0.5) is 9.59 Å². The topological polar surface area (TPSA) is 159 Å². The van der Waals surface area contributed by atoms with Gasteiger partial charge in [-0.05, 0) is 53.7 Å². The van der Waals surface area contributed by atoms with E-state index in [2.05, 4.69) is 20.1 Å². The number of aliphatic hydroxyl groups is 1. The number of amides is 2. The Morgan fingerprint density at radius 2 is 1.18 bits per heavy atom. The van der Waals surface area contributed by atoms with Gasteiger partial charge in [0, 0.05) is 19.4 Å². The van der Waals surface area contributed by atoms with Crippen molar-refractivity contribution in [2.75, 3.05) is 27.4 Å². The van der Waals surface area contributed by atoms with E-state index < -0.39 is 47.4 Å². The number of esters is 2. The smallest absolute Gasteiger partial charge is 0.408 e. The van der Waals surface area contributed by atoms with Crippen LogP contribution in [-0.4, -0.2) is 80.0 Å². The molecule has 38 heavy (non-hydrogen) atoms. The van der Waals surface area contributed by atoms with Gasteiger partial charge in [-0.1, -0.05) is 18.2 Å². The lowest BCUT2D eigenvalue weighted by Crippen LogP contribution is -2.44. The summed E-state index contributed by atoms with van der Waals surface area (Å²) in [7, 11) is 2.48. The minimum Gasteiger partial charge on any atom is -0.494 e. The van der Waals surface area contributed by atoms with Crippen LogP contribution in [0.1, 0.15) is 54.4 Å². The highest BCUT2D eigenvalue weighted by atomic mass is 16.6. The predicted molar refractivity (Wildman–Crippen MR) is 139 cm³/mol. The highest BCUT2D eigenvalue weighted by Gasteiger charge is 2.25. The van der Waals surface area contributed by atoms with Crippen LogP contribution in [-0.2, 0) is 28.5 Å². The fraction of sp³-hybridized carbons (Fsp3) is 0.615. The highest BCUT2D eigenvalue weighted by Crippen LogP contribution is 2.11. The highest BCUT2D eigenvalue weighted by molar-refractivity contribution is 5.81. The first kappa shape index (κ1) is 34.5. The summed E-state index contributed by atoms with van der Waals surface area (Å²) in [6.07, 6.45) is -1.01. The molecule has 2 atom stereocenters. The van der Waals surface area contributed by atoms with Crippen LogP contribution in [0.25, 0.3) is 0 Å². The summed E-state index contributed by atoms with van der Waals surface area (Å²) in [6, 6.07) is 7.52. The Hall–Kier alpha value is -3.54. The van der Waals surface area contributed by atoms with E-state index in [4.69, 9.17) is 19.3 Å². The van der Waals surface area contributed by atoms with Crippen molar-refractivity contribution in [1.82, 2.24) is 10.6 Å². The molecule has 0 aliphatic carbocycles. The fourth-order valence-electron chi connectivity index (χ4n) is 2.62. The number of methoxy groups -OCH3 is 2. The van der Waals surface area contributed by atoms with Gasteiger partial charge in [0.15, 0.2) is 0 Å². The minimum absolute atomic E-state index is 0.0892. The number of hydrogen-bond donors (Lipinski definition) is 3. The molecule has 12 heteroatoms. The molecule has 0 bridgehead atoms. The minimum atomic E-state index is -0.884. The van der Waals surface area contributed by atoms with Gasteiger partial charge in [0.25, 0.3) is 0 Å². The average molecular weight is 543 g/mol. The summed E-state index contributed by atoms with van der Waals surface area (Å²) >= 11 is 0. The number of nitrogens with one attached hydrogen (secondary N) is 2. The van der Waals surface area contributed by atoms with E-state index in [0.29, 0.717) is 5.75 Å². The molecule has 0 spiro atoms. The van der Waals surface area contributed by atoms with E-state index in [1.807, 2.05) is 30.3 Å². The number of hydrogen-bond acceptors (Lipinski definition) is 10. The molecule has 0 unspecified atom stereocenters. The van der Waals surface area contributed by atoms with Crippen LogP contribution in [0.15, 0.2) is 30.3 Å². The number of rotatable bonds is 10. The summed E-state index contributed by atoms with van der Waals surface area (Å²) in [4.78, 5) is 46.0. The van der Waals surface area contributed by atoms with E-state index >= 15 is 0 Å². The van der Waals surface area contributed by atoms with E-state index in [0.717, 1.165) is 0 Å². The Morgan fingerprint density at radius 3 is 1.55 bits per heavy atom. The number of alkyl carbamates (subject to hydrolysis) is 2. The van der Waals surface area contributed by atoms with Crippen molar-refractivity contribution in [3.8, 4) is 5.75 Å². The molecular formula is C26H42N2O10. The maximum atomic E-state index is 11.7. The summed E-state index contributed by atoms with van der Waals surface area (Å²) in [5, 5.41) is 13.6. The lowest BCUT2D eigenvalue weighted by atomic mass is 10.2. The second kappa shape index (κ2) is 17.1. The van der Waals surface area contributed by atoms with Gasteiger partial charge >= 0.3 is 24.1 Å². The Labute approximate surface area is 224 Å². The third kappa shape index (κ3) is 17.0. The van der Waals surface area contributed by atoms with Crippen molar-refractivity contribution in [3.05, 3.63) is 30.3 Å². The number of aliphatic hydroxyl groups excluding tert-OH is 1. The molecule has 12 nitrogen and oxygen atoms in total. The van der Waals surface area contributed by atoms with Crippen LogP contribution >= 0.6 is 0 Å². The SMILES string of the molecule is COC(=O)[C@H](CCO)NC(=O)OC(C)(C)C.COC(=O)[C@H](CCOc1ccccc1)NC(=O)OC(C)(C)C. The Balaban J connectivity index is 0.000000761. The second-order valence-corrected chi connectivity index (χ2v) is 9.91. The van der Waals surface area contributed by atoms with E-state index in [-0.39, 0.29) is 26.1 Å². The fourth-order valence-corrected chi connectivity index (χ4v) is 2.62. The van der Waals surface area contributed by atoms with Gasteiger partial charge < -0.3 is 39.4 Å². The zero-order valence-electron chi connectivity index (χ0n) is 23.5. The third-order valence-electron chi connectivity index (χ3n) is 4.19. The van der Waals surface area contributed by atoms with Crippen molar-refractivity contribution in [3.63, 3.8) is 0 Å². The third-order valence-corrected chi connectivity index (χ3v) is 4.19. The zero-order valence-corrected chi connectivity index (χ0v) is 23.5. The summed E-state index contributed by atoms with van der Waals surface area (Å²) < 4.78 is 24.8. The van der Waals surface area contributed by atoms with E-state index in [1.165, 1.54) is 14.2 Å². The Bertz CT molecular complexity index is 863. The number of carbonyl (C=O) groups is 4. The van der Waals surface area contributed by atoms with Crippen molar-refractivity contribution in [2.45, 2.75) is 77.7 Å². The first-order chi connectivity index (χ1) is 17.6. The average Bonchev–Trinajstić information content (AvgIpc) is 2.81. The molecule has 0 saturated heterocycles. The van der Waals surface area contributed by atoms with E-state index in [9.17, 15) is 19.2 Å². The van der Waals surface area contributed by atoms with Crippen molar-refractivity contribution >= 4 is 24.1 Å². The lowest BCUT2D eigenvalue weighted by molar-refractivity contribution is -0.144. The molecule has 0 fully saturated rings. The van der Waals surface area contributed by atoms with Crippen LogP contribution in [0.3, 0.4) is 0 Å². The van der Waals surface area contributed by atoms with Gasteiger partial charge in [-0.15, -0.1) is 0 Å². The molecule has 0 radical (unpaired) electrons. The first-order valence-electron chi connectivity index (χ1n) is 12.0. The van der Waals surface area contributed by atoms with Gasteiger partial charge in [-0.2, -0.15) is 0 Å².